The van der Waals surface area contributed by atoms with Crippen molar-refractivity contribution in [3.63, 3.8) is 0 Å². The minimum atomic E-state index is -0.403. The number of nitrogens with two attached hydrogens (primary N) is 1. The highest BCUT2D eigenvalue weighted by Gasteiger charge is 2.51. The Morgan fingerprint density at radius 2 is 1.08 bits per heavy atom. The summed E-state index contributed by atoms with van der Waals surface area (Å²) in [4.78, 5) is 80.1. The van der Waals surface area contributed by atoms with Crippen molar-refractivity contribution in [2.24, 2.45) is 34.4 Å². The molecule has 1 unspecified atom stereocenters. The summed E-state index contributed by atoms with van der Waals surface area (Å²) in [5.41, 5.74) is 14.2. The number of nitrogens with one attached hydrogen (secondary N) is 4. The van der Waals surface area contributed by atoms with Crippen molar-refractivity contribution in [2.45, 2.75) is 299 Å². The second-order valence-electron chi connectivity index (χ2n) is 45.3. The number of nitrogens with zero attached hydrogens (tertiary/aromatic N) is 15. The molecule has 1 amide bonds. The number of nitroso groups, excluding NO2 is 4. The maximum atomic E-state index is 12.7. The number of rotatable bonds is 30. The Morgan fingerprint density at radius 3 is 1.52 bits per heavy atom. The van der Waals surface area contributed by atoms with Crippen LogP contribution >= 0.6 is 82.9 Å². The van der Waals surface area contributed by atoms with Crippen LogP contribution in [0.4, 0.5) is 17.1 Å². The zero-order valence-electron chi connectivity index (χ0n) is 91.2. The largest absolute Gasteiger partial charge is 0.426 e. The fourth-order valence-electron chi connectivity index (χ4n) is 17.8. The highest BCUT2D eigenvalue weighted by Crippen LogP contribution is 2.50. The summed E-state index contributed by atoms with van der Waals surface area (Å²) in [6, 6.07) is 29.9. The van der Waals surface area contributed by atoms with Crippen LogP contribution in [0.25, 0.3) is 0 Å². The van der Waals surface area contributed by atoms with Crippen LogP contribution in [-0.4, -0.2) is 268 Å². The van der Waals surface area contributed by atoms with Crippen molar-refractivity contribution in [2.75, 3.05) is 132 Å². The number of fused-ring (bicyclic) bond motifs is 4. The molecule has 0 radical (unpaired) electrons. The van der Waals surface area contributed by atoms with Gasteiger partial charge in [0.2, 0.25) is 0 Å². The van der Waals surface area contributed by atoms with Crippen molar-refractivity contribution >= 4 is 119 Å². The molecule has 8 aliphatic heterocycles. The predicted molar refractivity (Wildman–Crippen MR) is 600 cm³/mol. The quantitative estimate of drug-likeness (QED) is 0.00515. The SMILES string of the molecule is C=NSC1(C)CN2CCC1CC2.CC(C)(C)NCC(C)(C)SN=O.CC(C)(CNC(=O)c1cccnc1)SN=O.CC1(C)C=C(CN)C(C)(C)N1O.CN(C)CC1=CC(C)(C)N(O)C1(C)C.CN(C)c1ccc2c(c1)C(C)(C)N(O)C2(C)C.CN(Cc1ccc(OC(=O)Cc2ccccc2Nc2c(Cl)cccc2Cl)cc1)CC(C)(C)SN=O.CN1CCC(C)(SN=O)CC1.CNCC1=CC(C)(C)N(O)C1(C)C. The molecule has 10 N–H and O–H groups in total. The van der Waals surface area contributed by atoms with Gasteiger partial charge in [-0.1, -0.05) is 83.9 Å². The molecule has 0 aliphatic carbocycles. The third-order valence-corrected chi connectivity index (χ3v) is 30.7. The van der Waals surface area contributed by atoms with Gasteiger partial charge in [-0.25, -0.2) is 4.40 Å². The van der Waals surface area contributed by atoms with E-state index in [1.54, 1.807) is 60.6 Å². The van der Waals surface area contributed by atoms with Crippen LogP contribution in [0.1, 0.15) is 245 Å². The summed E-state index contributed by atoms with van der Waals surface area (Å²) in [6.45, 7) is 69.1. The lowest BCUT2D eigenvalue weighted by molar-refractivity contribution is -0.216. The summed E-state index contributed by atoms with van der Waals surface area (Å²) in [5.74, 6) is 0.766. The van der Waals surface area contributed by atoms with E-state index < -0.39 is 4.75 Å². The Morgan fingerprint density at radius 1 is 0.585 bits per heavy atom. The average Bonchev–Trinajstić information content (AvgIpc) is 1.57. The molecule has 2 bridgehead atoms. The normalized spacial score (nSPS) is 20.7. The summed E-state index contributed by atoms with van der Waals surface area (Å²) in [7, 11) is 14.2. The molecular formula is C104H170Cl2N20O11S5. The number of ether oxygens (including phenoxy) is 1. The lowest BCUT2D eigenvalue weighted by atomic mass is 9.79. The number of hydrogen-bond donors (Lipinski definition) is 9. The Bertz CT molecular complexity index is 4940. The van der Waals surface area contributed by atoms with E-state index in [1.165, 1.54) is 98.8 Å². The third kappa shape index (κ3) is 38.6. The number of para-hydroxylation sites is 2. The second-order valence-corrected chi connectivity index (χ2v) is 53.1. The zero-order chi connectivity index (χ0) is 108. The summed E-state index contributed by atoms with van der Waals surface area (Å²) in [6.07, 6.45) is 14.4. The Balaban J connectivity index is 0.000000344. The molecule has 8 aliphatic rings. The van der Waals surface area contributed by atoms with Crippen molar-refractivity contribution < 1.29 is 35.2 Å². The monoisotopic (exact) mass is 2110 g/mol. The first kappa shape index (κ1) is 128. The van der Waals surface area contributed by atoms with Crippen LogP contribution in [0.15, 0.2) is 167 Å². The Hall–Kier alpha value is -6.41. The molecule has 5 aromatic rings. The van der Waals surface area contributed by atoms with Gasteiger partial charge in [-0.15, -0.1) is 19.6 Å². The molecule has 31 nitrogen and oxygen atoms in total. The number of carbonyl (C=O) groups is 2. The molecule has 0 saturated carbocycles. The van der Waals surface area contributed by atoms with Gasteiger partial charge in [-0.3, -0.25) is 14.6 Å². The van der Waals surface area contributed by atoms with Crippen LogP contribution in [0.2, 0.25) is 10.0 Å². The van der Waals surface area contributed by atoms with Crippen LogP contribution in [-0.2, 0) is 28.8 Å². The summed E-state index contributed by atoms with van der Waals surface area (Å²) >= 11 is 18.5. The zero-order valence-corrected chi connectivity index (χ0v) is 96.8. The number of pyridine rings is 1. The molecule has 4 aromatic carbocycles. The van der Waals surface area contributed by atoms with Crippen LogP contribution in [0.3, 0.4) is 0 Å². The molecule has 1 atom stereocenters. The van der Waals surface area contributed by atoms with E-state index in [9.17, 15) is 50.0 Å². The first-order chi connectivity index (χ1) is 65.4. The van der Waals surface area contributed by atoms with Gasteiger partial charge in [-0.2, -0.15) is 20.3 Å². The number of likely N-dealkylation sites (tertiary alicyclic amines) is 1. The number of halogens is 2. The smallest absolute Gasteiger partial charge is 0.315 e. The van der Waals surface area contributed by atoms with Crippen molar-refractivity contribution in [3.8, 4) is 5.75 Å². The van der Waals surface area contributed by atoms with E-state index in [0.717, 1.165) is 110 Å². The molecular weight excluding hydrogens is 1940 g/mol. The van der Waals surface area contributed by atoms with Crippen molar-refractivity contribution in [1.29, 1.82) is 0 Å². The minimum Gasteiger partial charge on any atom is -0.426 e. The molecule has 4 saturated heterocycles. The fourth-order valence-corrected chi connectivity index (χ4v) is 20.9. The number of esters is 1. The highest BCUT2D eigenvalue weighted by molar-refractivity contribution is 8.00. The van der Waals surface area contributed by atoms with Gasteiger partial charge in [0.25, 0.3) is 5.91 Å². The van der Waals surface area contributed by atoms with Gasteiger partial charge < -0.3 is 77.1 Å². The van der Waals surface area contributed by atoms with Crippen LogP contribution in [0.5, 0.6) is 5.75 Å². The number of anilines is 3. The molecule has 0 spiro atoms. The number of carbonyl (C=O) groups excluding carboxylic acids is 2. The van der Waals surface area contributed by atoms with Gasteiger partial charge in [0, 0.05) is 176 Å². The fraction of sp³-hybridized carbons (Fsp3) is 0.635. The van der Waals surface area contributed by atoms with Crippen molar-refractivity contribution in [3.05, 3.63) is 202 Å². The Labute approximate surface area is 881 Å². The number of aromatic nitrogens is 1. The Kier molecular flexibility index (Phi) is 49.2. The highest BCUT2D eigenvalue weighted by atomic mass is 35.5. The number of likely N-dealkylation sites (N-methyl/N-ethyl adjacent to an activating group) is 2. The molecule has 1 aromatic heterocycles. The maximum absolute atomic E-state index is 12.7. The van der Waals surface area contributed by atoms with Gasteiger partial charge in [0.15, 0.2) is 0 Å². The second kappa shape index (κ2) is 54.7. The summed E-state index contributed by atoms with van der Waals surface area (Å²) in [5, 5.41) is 59.2. The third-order valence-electron chi connectivity index (χ3n) is 26.0. The van der Waals surface area contributed by atoms with Gasteiger partial charge in [-0.05, 0) is 392 Å². The van der Waals surface area contributed by atoms with Crippen LogP contribution in [0, 0.1) is 25.5 Å². The van der Waals surface area contributed by atoms with Crippen molar-refractivity contribution in [1.82, 2.24) is 60.8 Å². The summed E-state index contributed by atoms with van der Waals surface area (Å²) < 4.78 is 20.7. The molecule has 38 heteroatoms. The lowest BCUT2D eigenvalue weighted by Crippen LogP contribution is -2.55. The maximum Gasteiger partial charge on any atom is 0.315 e. The topological polar surface area (TPSA) is 371 Å². The number of piperidine rings is 4. The molecule has 13 rings (SSSR count). The molecule has 4 fully saturated rings. The molecule has 9 heterocycles. The minimum absolute atomic E-state index is 0.0766. The van der Waals surface area contributed by atoms with E-state index in [1.807, 2.05) is 196 Å². The number of hydroxylamine groups is 8. The van der Waals surface area contributed by atoms with Gasteiger partial charge in [0.05, 0.1) is 81.5 Å². The van der Waals surface area contributed by atoms with E-state index >= 15 is 0 Å². The number of hydrogen-bond acceptors (Lipinski definition) is 35. The first-order valence-electron chi connectivity index (χ1n) is 48.1. The average molecular weight is 2110 g/mol. The molecule has 142 heavy (non-hydrogen) atoms. The van der Waals surface area contributed by atoms with E-state index in [2.05, 4.69) is 194 Å². The number of amides is 1. The van der Waals surface area contributed by atoms with E-state index in [0.29, 0.717) is 58.0 Å². The predicted octanol–water partition coefficient (Wildman–Crippen LogP) is 23.0. The molecule has 796 valence electrons. The van der Waals surface area contributed by atoms with E-state index in [-0.39, 0.29) is 82.4 Å². The standard InChI is InChI=1S/C26H27Cl2N3O3S.C14H22N2O.C11H22N2O.C10H13N3O2S.C10H20N2O.C9H18N2O.C9H16N2S.C8H18N2OS.C7H14N2OS/c1-26(2,35-30-33)17-31(3)16-18-11-13-20(14-12-18)34-24(32)15-19-7-4-5-10-23(19)29-25-21(27)8-6-9-22(25)28;1-13(2)11-8-7-10(15(5)6)9-12(11)14(3,4)16(13)17;1-10(2)7-9(8-12(5)6)11(3,4)13(10)14;1-10(2,16-13-15)7-12-9(14)8-4-3-5-11-6-8;1-9(2)6-8(7-11-5)10(3,4)12(9)13;1-8(2)5-7(6-10)9(3,4)11(8)12;1-9(12-10-2)7-11-5-3-8(9)4-6-11;1-7(2,3)9-6-8(4,5)12-10-11;1-7(11-8-10)3-5-9(2)6-4-7/h4-14,29H,15-17H2,1-3H3;7-9,17H,1-6H3;7,14H,8H2,1-6H3;3-6H,7H2,1-2H3,(H,12,14);6,11,13H,7H2,1-5H3;5,12H,6,10H2,1-4H3;8H,2-7H2,1H3;9H,6H2,1-5H3;3-6H2,1-2H3. The first-order valence-corrected chi connectivity index (χ1v) is 52.8. The van der Waals surface area contributed by atoms with Gasteiger partial charge in [0.1, 0.15) is 5.75 Å². The van der Waals surface area contributed by atoms with Crippen LogP contribution < -0.4 is 36.6 Å². The number of benzene rings is 4. The van der Waals surface area contributed by atoms with Gasteiger partial charge >= 0.3 is 5.97 Å². The van der Waals surface area contributed by atoms with E-state index in [4.69, 9.17) is 33.7 Å². The lowest BCUT2D eigenvalue weighted by Gasteiger charge is -2.50.